The van der Waals surface area contributed by atoms with Crippen LogP contribution >= 0.6 is 0 Å². The van der Waals surface area contributed by atoms with Gasteiger partial charge in [-0.1, -0.05) is 36.4 Å². The number of hydrogen-bond donors (Lipinski definition) is 1. The fourth-order valence-corrected chi connectivity index (χ4v) is 5.06. The molecule has 5 heteroatoms. The highest BCUT2D eigenvalue weighted by Gasteiger charge is 2.44. The molecule has 0 spiro atoms. The van der Waals surface area contributed by atoms with Gasteiger partial charge in [0.05, 0.1) is 38.7 Å². The van der Waals surface area contributed by atoms with Gasteiger partial charge in [0.1, 0.15) is 11.5 Å². The van der Waals surface area contributed by atoms with E-state index in [4.69, 9.17) is 4.74 Å². The average molecular weight is 422 g/mol. The van der Waals surface area contributed by atoms with E-state index in [1.165, 1.54) is 5.56 Å². The van der Waals surface area contributed by atoms with Crippen molar-refractivity contribution in [1.82, 2.24) is 0 Å². The zero-order chi connectivity index (χ0) is 21.9. The Morgan fingerprint density at radius 3 is 2.55 bits per heavy atom. The summed E-state index contributed by atoms with van der Waals surface area (Å²) in [6.45, 7) is 5.43. The Morgan fingerprint density at radius 1 is 1.10 bits per heavy atom. The number of hydrogen-bond acceptors (Lipinski definition) is 3. The summed E-state index contributed by atoms with van der Waals surface area (Å²) in [7, 11) is 2.30. The molecule has 2 heterocycles. The molecule has 0 bridgehead atoms. The monoisotopic (exact) mass is 421 g/mol. The van der Waals surface area contributed by atoms with Crippen LogP contribution in [0.25, 0.3) is 0 Å². The van der Waals surface area contributed by atoms with Crippen molar-refractivity contribution in [3.8, 4) is 5.75 Å². The first-order valence-electron chi connectivity index (χ1n) is 11.4. The van der Waals surface area contributed by atoms with Gasteiger partial charge in [0.15, 0.2) is 0 Å². The number of anilines is 1. The van der Waals surface area contributed by atoms with Gasteiger partial charge in [-0.15, -0.1) is 0 Å². The van der Waals surface area contributed by atoms with Crippen LogP contribution in [0.1, 0.15) is 43.7 Å². The van der Waals surface area contributed by atoms with Gasteiger partial charge >= 0.3 is 0 Å². The van der Waals surface area contributed by atoms with Gasteiger partial charge in [-0.2, -0.15) is 0 Å². The highest BCUT2D eigenvalue weighted by atomic mass is 16.5. The number of fused-ring (bicyclic) bond motifs is 1. The third-order valence-electron chi connectivity index (χ3n) is 7.24. The lowest BCUT2D eigenvalue weighted by Crippen LogP contribution is -2.56. The Balaban J connectivity index is 1.30. The van der Waals surface area contributed by atoms with Crippen molar-refractivity contribution >= 4 is 17.4 Å². The third kappa shape index (κ3) is 4.67. The molecule has 0 radical (unpaired) electrons. The van der Waals surface area contributed by atoms with E-state index < -0.39 is 0 Å². The van der Waals surface area contributed by atoms with Crippen LogP contribution in [0.5, 0.6) is 5.75 Å². The molecule has 1 fully saturated rings. The van der Waals surface area contributed by atoms with Crippen molar-refractivity contribution < 1.29 is 18.8 Å². The number of likely N-dealkylation sites (tertiary alicyclic amines) is 1. The molecule has 2 aromatic rings. The maximum atomic E-state index is 12.6. The molecule has 31 heavy (non-hydrogen) atoms. The lowest BCUT2D eigenvalue weighted by atomic mass is 9.69. The predicted molar refractivity (Wildman–Crippen MR) is 122 cm³/mol. The number of ketones is 1. The molecule has 2 aliphatic rings. The van der Waals surface area contributed by atoms with E-state index in [1.807, 2.05) is 36.4 Å². The Hall–Kier alpha value is -2.66. The second kappa shape index (κ2) is 8.83. The molecule has 1 saturated heterocycles. The van der Waals surface area contributed by atoms with Crippen molar-refractivity contribution in [1.29, 1.82) is 0 Å². The smallest absolute Gasteiger partial charge is 0.224 e. The van der Waals surface area contributed by atoms with E-state index in [1.54, 1.807) is 6.92 Å². The first kappa shape index (κ1) is 21.6. The third-order valence-corrected chi connectivity index (χ3v) is 7.24. The fraction of sp³-hybridized carbons (Fsp3) is 0.462. The molecule has 2 aromatic carbocycles. The average Bonchev–Trinajstić information content (AvgIpc) is 2.77. The summed E-state index contributed by atoms with van der Waals surface area (Å²) in [5.41, 5.74) is 2.89. The van der Waals surface area contributed by atoms with Crippen molar-refractivity contribution in [2.45, 2.75) is 44.4 Å². The number of piperidine rings is 1. The molecule has 5 nitrogen and oxygen atoms in total. The number of nitrogens with zero attached hydrogens (tertiary/aromatic N) is 1. The van der Waals surface area contributed by atoms with Crippen molar-refractivity contribution in [2.24, 2.45) is 0 Å². The number of carbonyl (C=O) groups is 2. The normalized spacial score (nSPS) is 25.4. The fourth-order valence-electron chi connectivity index (χ4n) is 5.06. The topological polar surface area (TPSA) is 55.4 Å². The Morgan fingerprint density at radius 2 is 1.84 bits per heavy atom. The van der Waals surface area contributed by atoms with E-state index in [0.717, 1.165) is 66.8 Å². The van der Waals surface area contributed by atoms with Gasteiger partial charge < -0.3 is 14.5 Å². The van der Waals surface area contributed by atoms with E-state index >= 15 is 0 Å². The summed E-state index contributed by atoms with van der Waals surface area (Å²) in [6, 6.07) is 16.3. The summed E-state index contributed by atoms with van der Waals surface area (Å²) in [5, 5.41) is 2.93. The second-order valence-corrected chi connectivity index (χ2v) is 9.36. The molecule has 4 rings (SSSR count). The number of carbonyl (C=O) groups excluding carboxylic acids is 2. The molecule has 0 atom stereocenters. The zero-order valence-corrected chi connectivity index (χ0v) is 18.7. The highest BCUT2D eigenvalue weighted by molar-refractivity contribution is 5.94. The summed E-state index contributed by atoms with van der Waals surface area (Å²) >= 11 is 0. The Kier molecular flexibility index (Phi) is 6.15. The first-order valence-corrected chi connectivity index (χ1v) is 11.4. The number of rotatable bonds is 7. The van der Waals surface area contributed by atoms with Gasteiger partial charge in [0, 0.05) is 37.4 Å². The molecule has 0 aromatic heterocycles. The lowest BCUT2D eigenvalue weighted by Gasteiger charge is -2.45. The molecule has 164 valence electrons. The standard InChI is InChI=1S/C26H32N2O3/c1-20(29)26(22-7-4-3-5-8-22)13-16-28(2,17-14-26)15-6-18-31-23-11-9-21-10-12-25(30)27-24(21)19-23/h3-5,7-9,11,19H,6,10,12-18H2,1-2H3/p+1. The maximum Gasteiger partial charge on any atom is 0.224 e. The highest BCUT2D eigenvalue weighted by Crippen LogP contribution is 2.38. The minimum atomic E-state index is -0.330. The Labute approximate surface area is 185 Å². The minimum absolute atomic E-state index is 0.0734. The number of amides is 1. The van der Waals surface area contributed by atoms with E-state index in [9.17, 15) is 9.59 Å². The van der Waals surface area contributed by atoms with Crippen LogP contribution in [0.3, 0.4) is 0 Å². The summed E-state index contributed by atoms with van der Waals surface area (Å²) in [4.78, 5) is 24.2. The number of ether oxygens (including phenoxy) is 1. The SMILES string of the molecule is CC(=O)C1(c2ccccc2)CC[N+](C)(CCCOc2ccc3c(c2)NC(=O)CC3)CC1. The van der Waals surface area contributed by atoms with Crippen LogP contribution in [-0.2, 0) is 21.4 Å². The van der Waals surface area contributed by atoms with E-state index in [-0.39, 0.29) is 17.1 Å². The van der Waals surface area contributed by atoms with Crippen molar-refractivity contribution in [3.63, 3.8) is 0 Å². The van der Waals surface area contributed by atoms with Crippen LogP contribution in [0.15, 0.2) is 48.5 Å². The molecule has 2 aliphatic heterocycles. The lowest BCUT2D eigenvalue weighted by molar-refractivity contribution is -0.915. The molecular formula is C26H33N2O3+. The molecule has 0 unspecified atom stereocenters. The number of quaternary nitrogens is 1. The Bertz CT molecular complexity index is 946. The molecule has 0 saturated carbocycles. The van der Waals surface area contributed by atoms with Gasteiger partial charge in [-0.05, 0) is 30.5 Å². The summed E-state index contributed by atoms with van der Waals surface area (Å²) < 4.78 is 6.95. The van der Waals surface area contributed by atoms with Gasteiger partial charge in [-0.25, -0.2) is 0 Å². The quantitative estimate of drug-likeness (QED) is 0.541. The van der Waals surface area contributed by atoms with Gasteiger partial charge in [0.25, 0.3) is 0 Å². The zero-order valence-electron chi connectivity index (χ0n) is 18.7. The van der Waals surface area contributed by atoms with Crippen LogP contribution in [0.4, 0.5) is 5.69 Å². The summed E-state index contributed by atoms with van der Waals surface area (Å²) in [6.07, 6.45) is 4.10. The molecule has 1 N–H and O–H groups in total. The molecule has 0 aliphatic carbocycles. The summed E-state index contributed by atoms with van der Waals surface area (Å²) in [5.74, 6) is 1.17. The molecule has 1 amide bonds. The van der Waals surface area contributed by atoms with Crippen molar-refractivity contribution in [2.75, 3.05) is 38.6 Å². The van der Waals surface area contributed by atoms with Crippen LogP contribution in [0, 0.1) is 0 Å². The molecular weight excluding hydrogens is 388 g/mol. The second-order valence-electron chi connectivity index (χ2n) is 9.36. The van der Waals surface area contributed by atoms with Crippen LogP contribution in [0.2, 0.25) is 0 Å². The van der Waals surface area contributed by atoms with Crippen LogP contribution in [-0.4, -0.2) is 49.5 Å². The van der Waals surface area contributed by atoms with Gasteiger partial charge in [0.2, 0.25) is 5.91 Å². The maximum absolute atomic E-state index is 12.6. The first-order chi connectivity index (χ1) is 14.9. The van der Waals surface area contributed by atoms with Crippen LogP contribution < -0.4 is 10.1 Å². The van der Waals surface area contributed by atoms with Gasteiger partial charge in [-0.3, -0.25) is 9.59 Å². The number of Topliss-reactive ketones (excluding diaryl/α,β-unsaturated/α-hetero) is 1. The van der Waals surface area contributed by atoms with Crippen molar-refractivity contribution in [3.05, 3.63) is 59.7 Å². The van der Waals surface area contributed by atoms with E-state index in [2.05, 4.69) is 24.5 Å². The van der Waals surface area contributed by atoms with E-state index in [0.29, 0.717) is 13.0 Å². The minimum Gasteiger partial charge on any atom is -0.493 e. The number of benzene rings is 2. The predicted octanol–water partition coefficient (Wildman–Crippen LogP) is 4.11. The number of nitrogens with one attached hydrogen (secondary N) is 1. The number of aryl methyl sites for hydroxylation is 1. The largest absolute Gasteiger partial charge is 0.493 e.